The predicted molar refractivity (Wildman–Crippen MR) is 83.0 cm³/mol. The second kappa shape index (κ2) is 6.80. The Bertz CT molecular complexity index is 668. The van der Waals surface area contributed by atoms with Crippen molar-refractivity contribution >= 4 is 33.3 Å². The van der Waals surface area contributed by atoms with Gasteiger partial charge in [0, 0.05) is 24.2 Å². The number of halogens is 2. The fourth-order valence-electron chi connectivity index (χ4n) is 2.30. The smallest absolute Gasteiger partial charge is 0.319 e. The molecule has 0 radical (unpaired) electrons. The zero-order valence-corrected chi connectivity index (χ0v) is 13.5. The first-order valence-electron chi connectivity index (χ1n) is 6.73. The molecule has 0 aliphatic carbocycles. The molecule has 9 heteroatoms. The number of carbonyl (C=O) groups excluding carboxylic acids is 1. The lowest BCUT2D eigenvalue weighted by Crippen LogP contribution is -2.50. The zero-order valence-electron chi connectivity index (χ0n) is 12.0. The number of benzene rings is 1. The summed E-state index contributed by atoms with van der Waals surface area (Å²) in [5.41, 5.74) is -0.0271. The maximum absolute atomic E-state index is 13.5. The second-order valence-electron chi connectivity index (χ2n) is 5.18. The lowest BCUT2D eigenvalue weighted by molar-refractivity contribution is 0.236. The van der Waals surface area contributed by atoms with Crippen molar-refractivity contribution in [3.05, 3.63) is 29.0 Å². The van der Waals surface area contributed by atoms with Gasteiger partial charge in [-0.05, 0) is 31.0 Å². The number of hydrogen-bond acceptors (Lipinski definition) is 3. The van der Waals surface area contributed by atoms with E-state index in [0.29, 0.717) is 24.4 Å². The van der Waals surface area contributed by atoms with Gasteiger partial charge in [0.25, 0.3) is 0 Å². The van der Waals surface area contributed by atoms with Gasteiger partial charge in [-0.3, -0.25) is 0 Å². The Labute approximate surface area is 133 Å². The molecule has 0 spiro atoms. The van der Waals surface area contributed by atoms with Crippen LogP contribution in [0.1, 0.15) is 12.8 Å². The van der Waals surface area contributed by atoms with Crippen LogP contribution in [-0.2, 0) is 10.0 Å². The normalized spacial score (nSPS) is 19.7. The number of nitrogens with one attached hydrogen (secondary N) is 2. The average molecular weight is 350 g/mol. The highest BCUT2D eigenvalue weighted by Crippen LogP contribution is 2.19. The van der Waals surface area contributed by atoms with E-state index < -0.39 is 21.9 Å². The number of carbonyl (C=O) groups is 1. The predicted octanol–water partition coefficient (Wildman–Crippen LogP) is 2.02. The minimum absolute atomic E-state index is 0.0271. The number of anilines is 1. The quantitative estimate of drug-likeness (QED) is 0.876. The summed E-state index contributed by atoms with van der Waals surface area (Å²) >= 11 is 5.75. The summed E-state index contributed by atoms with van der Waals surface area (Å²) in [6.07, 6.45) is 2.46. The highest BCUT2D eigenvalue weighted by atomic mass is 35.5. The Morgan fingerprint density at radius 3 is 2.86 bits per heavy atom. The molecule has 1 atom stereocenters. The molecule has 0 aromatic heterocycles. The van der Waals surface area contributed by atoms with E-state index in [4.69, 9.17) is 11.6 Å². The van der Waals surface area contributed by atoms with E-state index in [1.54, 1.807) is 0 Å². The summed E-state index contributed by atoms with van der Waals surface area (Å²) in [6, 6.07) is 2.93. The van der Waals surface area contributed by atoms with Crippen LogP contribution in [0.25, 0.3) is 0 Å². The molecule has 1 heterocycles. The van der Waals surface area contributed by atoms with Crippen molar-refractivity contribution in [1.82, 2.24) is 9.62 Å². The van der Waals surface area contributed by atoms with Crippen LogP contribution < -0.4 is 10.6 Å². The Balaban J connectivity index is 1.96. The van der Waals surface area contributed by atoms with Crippen LogP contribution >= 0.6 is 11.6 Å². The van der Waals surface area contributed by atoms with Crippen LogP contribution in [0.15, 0.2) is 18.2 Å². The lowest BCUT2D eigenvalue weighted by Gasteiger charge is -2.31. The van der Waals surface area contributed by atoms with Crippen LogP contribution in [0, 0.1) is 5.82 Å². The molecule has 1 aliphatic rings. The summed E-state index contributed by atoms with van der Waals surface area (Å²) in [6.45, 7) is 0.659. The Morgan fingerprint density at radius 2 is 2.18 bits per heavy atom. The monoisotopic (exact) mass is 349 g/mol. The van der Waals surface area contributed by atoms with Crippen molar-refractivity contribution < 1.29 is 17.6 Å². The lowest BCUT2D eigenvalue weighted by atomic mass is 10.1. The summed E-state index contributed by atoms with van der Waals surface area (Å²) in [4.78, 5) is 11.9. The average Bonchev–Trinajstić information content (AvgIpc) is 2.42. The molecule has 22 heavy (non-hydrogen) atoms. The molecule has 1 aromatic carbocycles. The number of hydrogen-bond donors (Lipinski definition) is 2. The second-order valence-corrected chi connectivity index (χ2v) is 7.60. The van der Waals surface area contributed by atoms with Crippen molar-refractivity contribution in [1.29, 1.82) is 0 Å². The molecule has 0 bridgehead atoms. The van der Waals surface area contributed by atoms with Gasteiger partial charge >= 0.3 is 6.03 Å². The van der Waals surface area contributed by atoms with E-state index in [1.807, 2.05) is 0 Å². The Kier molecular flexibility index (Phi) is 5.25. The molecule has 1 saturated heterocycles. The van der Waals surface area contributed by atoms with Gasteiger partial charge in [0.15, 0.2) is 0 Å². The van der Waals surface area contributed by atoms with Crippen molar-refractivity contribution in [2.45, 2.75) is 18.9 Å². The molecule has 2 N–H and O–H groups in total. The van der Waals surface area contributed by atoms with Crippen LogP contribution in [0.2, 0.25) is 5.02 Å². The van der Waals surface area contributed by atoms with Crippen LogP contribution in [0.4, 0.5) is 14.9 Å². The van der Waals surface area contributed by atoms with E-state index in [1.165, 1.54) is 16.4 Å². The van der Waals surface area contributed by atoms with Gasteiger partial charge in [-0.2, -0.15) is 0 Å². The fourth-order valence-corrected chi connectivity index (χ4v) is 3.38. The largest absolute Gasteiger partial charge is 0.334 e. The Morgan fingerprint density at radius 1 is 1.45 bits per heavy atom. The molecule has 2 rings (SSSR count). The van der Waals surface area contributed by atoms with Gasteiger partial charge in [-0.25, -0.2) is 21.9 Å². The molecule has 1 aliphatic heterocycles. The first-order chi connectivity index (χ1) is 10.3. The zero-order chi connectivity index (χ0) is 16.3. The number of rotatable bonds is 3. The van der Waals surface area contributed by atoms with Gasteiger partial charge in [0.1, 0.15) is 5.82 Å². The van der Waals surface area contributed by atoms with E-state index in [0.717, 1.165) is 12.3 Å². The molecule has 0 unspecified atom stereocenters. The fraction of sp³-hybridized carbons (Fsp3) is 0.462. The van der Waals surface area contributed by atoms with Crippen LogP contribution in [-0.4, -0.2) is 44.1 Å². The molecule has 6 nitrogen and oxygen atoms in total. The minimum atomic E-state index is -3.28. The maximum Gasteiger partial charge on any atom is 0.319 e. The third-order valence-electron chi connectivity index (χ3n) is 3.36. The first kappa shape index (κ1) is 17.0. The third-order valence-corrected chi connectivity index (χ3v) is 4.87. The summed E-state index contributed by atoms with van der Waals surface area (Å²) in [7, 11) is -3.28. The van der Waals surface area contributed by atoms with Crippen molar-refractivity contribution in [3.63, 3.8) is 0 Å². The highest BCUT2D eigenvalue weighted by molar-refractivity contribution is 7.88. The summed E-state index contributed by atoms with van der Waals surface area (Å²) in [5.74, 6) is -0.596. The van der Waals surface area contributed by atoms with Gasteiger partial charge in [0.2, 0.25) is 10.0 Å². The standard InChI is InChI=1S/C13H17ClFN3O3S/c1-22(20,21)18-6-2-3-10(8-18)16-13(19)17-12-7-9(14)4-5-11(12)15/h4-5,7,10H,2-3,6,8H2,1H3,(H2,16,17,19)/t10-/m0/s1. The molecule has 0 saturated carbocycles. The molecule has 2 amide bonds. The third kappa shape index (κ3) is 4.56. The Hall–Kier alpha value is -1.38. The van der Waals surface area contributed by atoms with Gasteiger partial charge in [-0.1, -0.05) is 11.6 Å². The summed E-state index contributed by atoms with van der Waals surface area (Å²) < 4.78 is 37.9. The molecule has 122 valence electrons. The number of nitrogens with zero attached hydrogens (tertiary/aromatic N) is 1. The molecular formula is C13H17ClFN3O3S. The van der Waals surface area contributed by atoms with E-state index in [-0.39, 0.29) is 18.3 Å². The summed E-state index contributed by atoms with van der Waals surface area (Å²) in [5, 5.41) is 5.33. The van der Waals surface area contributed by atoms with E-state index >= 15 is 0 Å². The molecule has 1 fully saturated rings. The van der Waals surface area contributed by atoms with Crippen LogP contribution in [0.5, 0.6) is 0 Å². The highest BCUT2D eigenvalue weighted by Gasteiger charge is 2.26. The van der Waals surface area contributed by atoms with E-state index in [2.05, 4.69) is 10.6 Å². The SMILES string of the molecule is CS(=O)(=O)N1CCC[C@H](NC(=O)Nc2cc(Cl)ccc2F)C1. The maximum atomic E-state index is 13.5. The van der Waals surface area contributed by atoms with Gasteiger partial charge < -0.3 is 10.6 Å². The van der Waals surface area contributed by atoms with Gasteiger partial charge in [0.05, 0.1) is 11.9 Å². The van der Waals surface area contributed by atoms with Crippen molar-refractivity contribution in [2.24, 2.45) is 0 Å². The number of piperidine rings is 1. The minimum Gasteiger partial charge on any atom is -0.334 e. The number of amides is 2. The molecule has 1 aromatic rings. The van der Waals surface area contributed by atoms with Crippen molar-refractivity contribution in [3.8, 4) is 0 Å². The first-order valence-corrected chi connectivity index (χ1v) is 8.96. The van der Waals surface area contributed by atoms with E-state index in [9.17, 15) is 17.6 Å². The number of urea groups is 1. The van der Waals surface area contributed by atoms with Crippen molar-refractivity contribution in [2.75, 3.05) is 24.7 Å². The van der Waals surface area contributed by atoms with Crippen LogP contribution in [0.3, 0.4) is 0 Å². The number of sulfonamides is 1. The topological polar surface area (TPSA) is 78.5 Å². The van der Waals surface area contributed by atoms with Gasteiger partial charge in [-0.15, -0.1) is 0 Å². The molecular weight excluding hydrogens is 333 g/mol.